The van der Waals surface area contributed by atoms with Crippen molar-refractivity contribution in [2.75, 3.05) is 7.11 Å². The molecule has 6 aliphatic carbocycles. The van der Waals surface area contributed by atoms with E-state index in [1.807, 2.05) is 19.9 Å². The van der Waals surface area contributed by atoms with Gasteiger partial charge in [0.15, 0.2) is 0 Å². The van der Waals surface area contributed by atoms with Crippen LogP contribution >= 0.6 is 0 Å². The molecule has 278 valence electrons. The van der Waals surface area contributed by atoms with E-state index in [0.29, 0.717) is 59.4 Å². The Kier molecular flexibility index (Phi) is 9.14. The van der Waals surface area contributed by atoms with E-state index in [0.717, 1.165) is 24.0 Å². The summed E-state index contributed by atoms with van der Waals surface area (Å²) in [7, 11) is 1.35. The number of carbonyl (C=O) groups excluding carboxylic acids is 5. The van der Waals surface area contributed by atoms with E-state index in [4.69, 9.17) is 14.2 Å². The molecule has 8 heteroatoms. The molecule has 8 aliphatic rings. The molecule has 2 saturated heterocycles. The first-order valence-electron chi connectivity index (χ1n) is 19.6. The quantitative estimate of drug-likeness (QED) is 0.174. The van der Waals surface area contributed by atoms with Gasteiger partial charge in [0.25, 0.3) is 0 Å². The van der Waals surface area contributed by atoms with E-state index < -0.39 is 11.9 Å². The molecule has 2 aliphatic heterocycles. The van der Waals surface area contributed by atoms with E-state index in [2.05, 4.69) is 48.1 Å². The van der Waals surface area contributed by atoms with Gasteiger partial charge in [-0.25, -0.2) is 9.59 Å². The third-order valence-electron chi connectivity index (χ3n) is 15.1. The largest absolute Gasteiger partial charge is 0.466 e. The van der Waals surface area contributed by atoms with Crippen LogP contribution in [-0.4, -0.2) is 48.8 Å². The fourth-order valence-corrected chi connectivity index (χ4v) is 12.9. The Bertz CT molecular complexity index is 1610. The molecule has 0 amide bonds. The summed E-state index contributed by atoms with van der Waals surface area (Å²) in [4.78, 5) is 65.3. The smallest absolute Gasteiger partial charge is 0.334 e. The number of fused-ring (bicyclic) bond motifs is 2. The number of rotatable bonds is 3. The minimum atomic E-state index is -0.600. The third kappa shape index (κ3) is 5.54. The molecule has 0 N–H and O–H groups in total. The van der Waals surface area contributed by atoms with Crippen molar-refractivity contribution in [3.05, 3.63) is 34.9 Å². The molecule has 2 heterocycles. The summed E-state index contributed by atoms with van der Waals surface area (Å²) < 4.78 is 16.4. The van der Waals surface area contributed by atoms with Crippen LogP contribution in [0.1, 0.15) is 93.9 Å². The minimum Gasteiger partial charge on any atom is -0.466 e. The highest BCUT2D eigenvalue weighted by molar-refractivity contribution is 6.03. The molecule has 0 aromatic rings. The van der Waals surface area contributed by atoms with Gasteiger partial charge < -0.3 is 14.2 Å². The molecular weight excluding hydrogens is 644 g/mol. The molecule has 8 nitrogen and oxygen atoms in total. The maximum atomic E-state index is 14.0. The van der Waals surface area contributed by atoms with Crippen molar-refractivity contribution in [3.63, 3.8) is 0 Å². The van der Waals surface area contributed by atoms with Gasteiger partial charge in [-0.1, -0.05) is 65.3 Å². The summed E-state index contributed by atoms with van der Waals surface area (Å²) in [6, 6.07) is 0. The Morgan fingerprint density at radius 1 is 0.961 bits per heavy atom. The number of carbonyl (C=O) groups is 5. The predicted octanol–water partition coefficient (Wildman–Crippen LogP) is 7.11. The normalized spacial score (nSPS) is 44.5. The highest BCUT2D eigenvalue weighted by Gasteiger charge is 2.64. The molecule has 4 saturated carbocycles. The summed E-state index contributed by atoms with van der Waals surface area (Å²) in [6.45, 7) is 21.1. The van der Waals surface area contributed by atoms with Crippen LogP contribution in [0.4, 0.5) is 0 Å². The second-order valence-electron chi connectivity index (χ2n) is 18.8. The lowest BCUT2D eigenvalue weighted by Gasteiger charge is -2.43. The van der Waals surface area contributed by atoms with Crippen LogP contribution in [0.3, 0.4) is 0 Å². The van der Waals surface area contributed by atoms with Gasteiger partial charge in [-0.2, -0.15) is 0 Å². The van der Waals surface area contributed by atoms with Crippen LogP contribution in [-0.2, 0) is 38.2 Å². The van der Waals surface area contributed by atoms with Gasteiger partial charge in [0.2, 0.25) is 0 Å². The Balaban J connectivity index is 0.000000162. The zero-order valence-corrected chi connectivity index (χ0v) is 32.0. The molecule has 0 aromatic heterocycles. The zero-order valence-electron chi connectivity index (χ0n) is 32.0. The van der Waals surface area contributed by atoms with E-state index in [1.165, 1.54) is 20.0 Å². The van der Waals surface area contributed by atoms with Gasteiger partial charge in [0.1, 0.15) is 23.8 Å². The van der Waals surface area contributed by atoms with E-state index in [9.17, 15) is 24.0 Å². The SMILES string of the molecule is C=C(C)C1CC(C)=C(C(=O)OC)C2C(=O)C3C4C(=CC12)C(=O)OC4CC3(C)C.CC(C)C1CCC(C)C2C(=O)C3C(C)CC4OC(=O)C(CC12)C43. The molecule has 51 heavy (non-hydrogen) atoms. The second-order valence-corrected chi connectivity index (χ2v) is 18.8. The summed E-state index contributed by atoms with van der Waals surface area (Å²) in [5.74, 6) is 1.15. The number of ketones is 2. The Morgan fingerprint density at radius 3 is 2.31 bits per heavy atom. The van der Waals surface area contributed by atoms with Crippen molar-refractivity contribution in [3.8, 4) is 0 Å². The van der Waals surface area contributed by atoms with Gasteiger partial charge in [-0.05, 0) is 99.2 Å². The molecule has 0 spiro atoms. The van der Waals surface area contributed by atoms with Crippen LogP contribution in [0.15, 0.2) is 34.9 Å². The fraction of sp³-hybridized carbons (Fsp3) is 0.744. The third-order valence-corrected chi connectivity index (χ3v) is 15.1. The van der Waals surface area contributed by atoms with Crippen LogP contribution in [0.2, 0.25) is 0 Å². The number of hydrogen-bond donors (Lipinski definition) is 0. The van der Waals surface area contributed by atoms with Crippen LogP contribution in [0.5, 0.6) is 0 Å². The Labute approximate surface area is 303 Å². The molecule has 15 unspecified atom stereocenters. The minimum absolute atomic E-state index is 0.00337. The zero-order chi connectivity index (χ0) is 37.0. The average molecular weight is 703 g/mol. The average Bonchev–Trinajstić information content (AvgIpc) is 3.63. The number of ether oxygens (including phenoxy) is 3. The van der Waals surface area contributed by atoms with Gasteiger partial charge >= 0.3 is 17.9 Å². The topological polar surface area (TPSA) is 113 Å². The highest BCUT2D eigenvalue weighted by atomic mass is 16.6. The highest BCUT2D eigenvalue weighted by Crippen LogP contribution is 2.60. The number of methoxy groups -OCH3 is 1. The van der Waals surface area contributed by atoms with Crippen molar-refractivity contribution in [1.29, 1.82) is 0 Å². The van der Waals surface area contributed by atoms with E-state index in [-0.39, 0.29) is 82.7 Å². The van der Waals surface area contributed by atoms with Crippen molar-refractivity contribution in [2.24, 2.45) is 88.3 Å². The van der Waals surface area contributed by atoms with E-state index in [1.54, 1.807) is 0 Å². The molecule has 15 atom stereocenters. The predicted molar refractivity (Wildman–Crippen MR) is 190 cm³/mol. The summed E-state index contributed by atoms with van der Waals surface area (Å²) in [5.41, 5.74) is 2.63. The number of hydrogen-bond acceptors (Lipinski definition) is 8. The number of allylic oxidation sites excluding steroid dienone is 3. The monoisotopic (exact) mass is 702 g/mol. The summed E-state index contributed by atoms with van der Waals surface area (Å²) >= 11 is 0. The van der Waals surface area contributed by atoms with Crippen molar-refractivity contribution in [2.45, 2.75) is 106 Å². The Morgan fingerprint density at radius 2 is 1.67 bits per heavy atom. The van der Waals surface area contributed by atoms with Crippen LogP contribution in [0, 0.1) is 88.3 Å². The first-order valence-corrected chi connectivity index (χ1v) is 19.6. The van der Waals surface area contributed by atoms with Crippen molar-refractivity contribution in [1.82, 2.24) is 0 Å². The standard InChI is InChI=1S/C23H28O5.C20H30O3/c1-10(2)12-7-11(3)16(22(26)27-6)18-13(12)8-14-17-15(28-21(14)25)9-23(4,5)19(17)20(18)24;1-9(2)12-6-5-10(3)16-13(12)8-14-18-15(23-20(14)22)7-11(4)17(18)19(16)21/h8,12-13,15,17-19H,1,7,9H2,2-6H3;9-18H,5-8H2,1-4H3. The van der Waals surface area contributed by atoms with Gasteiger partial charge in [0.05, 0.1) is 18.9 Å². The lowest BCUT2D eigenvalue weighted by atomic mass is 9.60. The first-order chi connectivity index (χ1) is 24.0. The number of Topliss-reactive ketones (excluding diaryl/α,β-unsaturated/α-hetero) is 2. The van der Waals surface area contributed by atoms with Crippen molar-refractivity contribution >= 4 is 29.5 Å². The van der Waals surface area contributed by atoms with Gasteiger partial charge in [-0.15, -0.1) is 0 Å². The van der Waals surface area contributed by atoms with Gasteiger partial charge in [0, 0.05) is 40.7 Å². The van der Waals surface area contributed by atoms with Crippen LogP contribution < -0.4 is 0 Å². The summed E-state index contributed by atoms with van der Waals surface area (Å²) in [5, 5.41) is 0. The lowest BCUT2D eigenvalue weighted by Crippen LogP contribution is -2.42. The van der Waals surface area contributed by atoms with Crippen molar-refractivity contribution < 1.29 is 38.2 Å². The second kappa shape index (κ2) is 12.8. The van der Waals surface area contributed by atoms with Gasteiger partial charge in [-0.3, -0.25) is 14.4 Å². The molecular formula is C43H58O8. The molecule has 0 radical (unpaired) electrons. The van der Waals surface area contributed by atoms with E-state index >= 15 is 0 Å². The maximum Gasteiger partial charge on any atom is 0.334 e. The maximum absolute atomic E-state index is 14.0. The summed E-state index contributed by atoms with van der Waals surface area (Å²) in [6.07, 6.45) is 7.16. The molecule has 0 aromatic carbocycles. The lowest BCUT2D eigenvalue weighted by molar-refractivity contribution is -0.146. The fourth-order valence-electron chi connectivity index (χ4n) is 12.9. The first kappa shape index (κ1) is 36.3. The Hall–Kier alpha value is -3.03. The molecule has 8 rings (SSSR count). The van der Waals surface area contributed by atoms with Crippen LogP contribution in [0.25, 0.3) is 0 Å². The molecule has 0 bridgehead atoms. The number of esters is 3. The molecule has 6 fully saturated rings.